The molecule has 4 aromatic rings. The summed E-state index contributed by atoms with van der Waals surface area (Å²) in [4.78, 5) is 27.6. The van der Waals surface area contributed by atoms with Crippen molar-refractivity contribution in [1.82, 2.24) is 19.9 Å². The van der Waals surface area contributed by atoms with Gasteiger partial charge in [-0.25, -0.2) is 15.0 Å². The highest BCUT2D eigenvalue weighted by Gasteiger charge is 2.28. The van der Waals surface area contributed by atoms with Crippen LogP contribution in [0, 0.1) is 6.92 Å². The molecule has 1 saturated heterocycles. The van der Waals surface area contributed by atoms with Crippen molar-refractivity contribution in [2.45, 2.75) is 38.8 Å². The topological polar surface area (TPSA) is 91.2 Å². The van der Waals surface area contributed by atoms with Crippen LogP contribution in [0.4, 0.5) is 11.5 Å². The number of carboxylic acid groups (broad SMARTS) is 1. The van der Waals surface area contributed by atoms with E-state index in [0.717, 1.165) is 53.0 Å². The molecular formula is C27H27N5O2. The number of nitrogens with one attached hydrogen (secondary N) is 1. The van der Waals surface area contributed by atoms with Gasteiger partial charge in [-0.05, 0) is 55.1 Å². The summed E-state index contributed by atoms with van der Waals surface area (Å²) in [5, 5.41) is 13.0. The predicted octanol–water partition coefficient (Wildman–Crippen LogP) is 5.18. The van der Waals surface area contributed by atoms with E-state index in [9.17, 15) is 9.90 Å². The number of hydrogen-bond donors (Lipinski definition) is 2. The van der Waals surface area contributed by atoms with Crippen molar-refractivity contribution < 1.29 is 9.90 Å². The Labute approximate surface area is 198 Å². The molecule has 172 valence electrons. The van der Waals surface area contributed by atoms with Crippen LogP contribution in [0.3, 0.4) is 0 Å². The van der Waals surface area contributed by atoms with E-state index in [4.69, 9.17) is 4.98 Å². The molecule has 0 aliphatic carbocycles. The van der Waals surface area contributed by atoms with Crippen molar-refractivity contribution in [3.05, 3.63) is 78.2 Å². The van der Waals surface area contributed by atoms with Crippen molar-refractivity contribution >= 4 is 28.5 Å². The molecule has 1 atom stereocenters. The Bertz CT molecular complexity index is 1330. The van der Waals surface area contributed by atoms with Gasteiger partial charge < -0.3 is 10.4 Å². The molecule has 7 nitrogen and oxygen atoms in total. The zero-order chi connectivity index (χ0) is 23.5. The number of rotatable bonds is 6. The van der Waals surface area contributed by atoms with Gasteiger partial charge >= 0.3 is 5.97 Å². The zero-order valence-electron chi connectivity index (χ0n) is 19.1. The molecule has 34 heavy (non-hydrogen) atoms. The molecule has 1 aliphatic heterocycles. The van der Waals surface area contributed by atoms with Crippen LogP contribution in [-0.4, -0.2) is 43.5 Å². The largest absolute Gasteiger partial charge is 0.480 e. The minimum atomic E-state index is -0.766. The number of carboxylic acids is 1. The summed E-state index contributed by atoms with van der Waals surface area (Å²) >= 11 is 0. The molecule has 2 N–H and O–H groups in total. The molecule has 0 bridgehead atoms. The van der Waals surface area contributed by atoms with Crippen molar-refractivity contribution in [2.75, 3.05) is 11.9 Å². The molecule has 1 unspecified atom stereocenters. The average Bonchev–Trinajstić information content (AvgIpc) is 2.86. The van der Waals surface area contributed by atoms with Crippen molar-refractivity contribution in [2.24, 2.45) is 0 Å². The number of fused-ring (bicyclic) bond motifs is 1. The summed E-state index contributed by atoms with van der Waals surface area (Å²) in [6.07, 6.45) is 6.08. The number of aromatic nitrogens is 3. The molecule has 1 fully saturated rings. The highest BCUT2D eigenvalue weighted by atomic mass is 16.4. The monoisotopic (exact) mass is 453 g/mol. The fraction of sp³-hybridized carbons (Fsp3) is 0.259. The number of pyridine rings is 1. The zero-order valence-corrected chi connectivity index (χ0v) is 19.1. The first-order valence-electron chi connectivity index (χ1n) is 11.6. The lowest BCUT2D eigenvalue weighted by atomic mass is 9.99. The fourth-order valence-electron chi connectivity index (χ4n) is 4.65. The lowest BCUT2D eigenvalue weighted by Crippen LogP contribution is -2.44. The van der Waals surface area contributed by atoms with Gasteiger partial charge in [-0.15, -0.1) is 0 Å². The third-order valence-corrected chi connectivity index (χ3v) is 6.45. The van der Waals surface area contributed by atoms with Crippen LogP contribution in [0.15, 0.2) is 67.0 Å². The summed E-state index contributed by atoms with van der Waals surface area (Å²) in [6.45, 7) is 3.33. The standard InChI is InChI=1S/C27H27N5O2/c1-18-21(19-8-3-2-4-9-19)10-7-11-22(18)31-26-25-23(13-14-28-26)30-20(16-29-25)17-32-15-6-5-12-24(32)27(33)34/h2-4,7-11,13-14,16,24H,5-6,12,15,17H2,1H3,(H,28,31)(H,33,34). The van der Waals surface area contributed by atoms with Gasteiger partial charge in [0.15, 0.2) is 5.82 Å². The van der Waals surface area contributed by atoms with Gasteiger partial charge in [0.05, 0.1) is 17.4 Å². The molecule has 0 amide bonds. The van der Waals surface area contributed by atoms with Crippen molar-refractivity contribution in [3.63, 3.8) is 0 Å². The molecule has 0 radical (unpaired) electrons. The number of nitrogens with zero attached hydrogens (tertiary/aromatic N) is 4. The Morgan fingerprint density at radius 2 is 1.94 bits per heavy atom. The van der Waals surface area contributed by atoms with Crippen LogP contribution in [0.1, 0.15) is 30.5 Å². The van der Waals surface area contributed by atoms with E-state index in [0.29, 0.717) is 24.3 Å². The second-order valence-electron chi connectivity index (χ2n) is 8.68. The van der Waals surface area contributed by atoms with Crippen LogP contribution < -0.4 is 5.32 Å². The molecule has 7 heteroatoms. The van der Waals surface area contributed by atoms with E-state index < -0.39 is 12.0 Å². The smallest absolute Gasteiger partial charge is 0.320 e. The highest BCUT2D eigenvalue weighted by molar-refractivity contribution is 5.88. The highest BCUT2D eigenvalue weighted by Crippen LogP contribution is 2.31. The first-order valence-corrected chi connectivity index (χ1v) is 11.6. The number of likely N-dealkylation sites (tertiary alicyclic amines) is 1. The van der Waals surface area contributed by atoms with Gasteiger partial charge in [-0.3, -0.25) is 9.69 Å². The minimum absolute atomic E-state index is 0.458. The first-order chi connectivity index (χ1) is 16.6. The van der Waals surface area contributed by atoms with E-state index in [2.05, 4.69) is 40.4 Å². The van der Waals surface area contributed by atoms with Gasteiger partial charge in [-0.2, -0.15) is 0 Å². The van der Waals surface area contributed by atoms with Gasteiger partial charge in [0, 0.05) is 18.4 Å². The van der Waals surface area contributed by atoms with E-state index in [1.54, 1.807) is 12.4 Å². The Morgan fingerprint density at radius 3 is 2.76 bits per heavy atom. The normalized spacial score (nSPS) is 16.4. The summed E-state index contributed by atoms with van der Waals surface area (Å²) in [7, 11) is 0. The summed E-state index contributed by atoms with van der Waals surface area (Å²) in [5.41, 5.74) is 6.59. The Kier molecular flexibility index (Phi) is 6.18. The second kappa shape index (κ2) is 9.57. The number of anilines is 2. The number of benzene rings is 2. The third-order valence-electron chi connectivity index (χ3n) is 6.45. The number of carbonyl (C=O) groups is 1. The lowest BCUT2D eigenvalue weighted by Gasteiger charge is -2.32. The Morgan fingerprint density at radius 1 is 1.09 bits per heavy atom. The number of piperidine rings is 1. The van der Waals surface area contributed by atoms with Gasteiger partial charge in [0.25, 0.3) is 0 Å². The third kappa shape index (κ3) is 4.47. The number of hydrogen-bond acceptors (Lipinski definition) is 6. The van der Waals surface area contributed by atoms with Crippen molar-refractivity contribution in [1.29, 1.82) is 0 Å². The quantitative estimate of drug-likeness (QED) is 0.415. The van der Waals surface area contributed by atoms with E-state index >= 15 is 0 Å². The van der Waals surface area contributed by atoms with E-state index in [1.165, 1.54) is 0 Å². The molecule has 2 aromatic carbocycles. The lowest BCUT2D eigenvalue weighted by molar-refractivity contribution is -0.144. The molecule has 0 spiro atoms. The minimum Gasteiger partial charge on any atom is -0.480 e. The number of aliphatic carboxylic acids is 1. The van der Waals surface area contributed by atoms with E-state index in [-0.39, 0.29) is 0 Å². The summed E-state index contributed by atoms with van der Waals surface area (Å²) < 4.78 is 0. The molecular weight excluding hydrogens is 426 g/mol. The maximum absolute atomic E-state index is 11.6. The molecule has 1 aliphatic rings. The SMILES string of the molecule is Cc1c(Nc2nccc3nc(CN4CCCCC4C(=O)O)cnc23)cccc1-c1ccccc1. The molecule has 5 rings (SSSR count). The van der Waals surface area contributed by atoms with E-state index in [1.807, 2.05) is 41.3 Å². The first kappa shape index (κ1) is 22.0. The van der Waals surface area contributed by atoms with Crippen LogP contribution in [0.5, 0.6) is 0 Å². The van der Waals surface area contributed by atoms with Gasteiger partial charge in [0.2, 0.25) is 0 Å². The Hall–Kier alpha value is -3.84. The summed E-state index contributed by atoms with van der Waals surface area (Å²) in [6, 6.07) is 17.9. The second-order valence-corrected chi connectivity index (χ2v) is 8.68. The maximum atomic E-state index is 11.6. The van der Waals surface area contributed by atoms with Gasteiger partial charge in [0.1, 0.15) is 11.6 Å². The Balaban J connectivity index is 1.42. The van der Waals surface area contributed by atoms with Crippen LogP contribution >= 0.6 is 0 Å². The van der Waals surface area contributed by atoms with Crippen LogP contribution in [-0.2, 0) is 11.3 Å². The fourth-order valence-corrected chi connectivity index (χ4v) is 4.65. The average molecular weight is 454 g/mol. The molecule has 0 saturated carbocycles. The van der Waals surface area contributed by atoms with Crippen LogP contribution in [0.2, 0.25) is 0 Å². The maximum Gasteiger partial charge on any atom is 0.320 e. The van der Waals surface area contributed by atoms with Crippen LogP contribution in [0.25, 0.3) is 22.2 Å². The molecule has 3 heterocycles. The van der Waals surface area contributed by atoms with Gasteiger partial charge in [-0.1, -0.05) is 48.9 Å². The predicted molar refractivity (Wildman–Crippen MR) is 133 cm³/mol. The molecule has 2 aromatic heterocycles. The van der Waals surface area contributed by atoms with Crippen molar-refractivity contribution in [3.8, 4) is 11.1 Å². The summed E-state index contributed by atoms with van der Waals surface area (Å²) in [5.74, 6) is -0.122.